The van der Waals surface area contributed by atoms with E-state index in [0.717, 1.165) is 54.1 Å². The van der Waals surface area contributed by atoms with Crippen molar-refractivity contribution in [1.82, 2.24) is 9.78 Å². The molecule has 2 aliphatic carbocycles. The minimum absolute atomic E-state index is 0.271. The summed E-state index contributed by atoms with van der Waals surface area (Å²) in [5.41, 5.74) is 4.72. The number of rotatable bonds is 3. The lowest BCUT2D eigenvalue weighted by molar-refractivity contribution is 0.112. The molecule has 5 heteroatoms. The monoisotopic (exact) mass is 350 g/mol. The molecule has 0 radical (unpaired) electrons. The van der Waals surface area contributed by atoms with E-state index in [-0.39, 0.29) is 5.69 Å². The van der Waals surface area contributed by atoms with E-state index >= 15 is 0 Å². The molecule has 2 aromatic carbocycles. The first-order valence-electron chi connectivity index (χ1n) is 8.79. The van der Waals surface area contributed by atoms with Crippen LogP contribution in [0.3, 0.4) is 0 Å². The van der Waals surface area contributed by atoms with E-state index in [0.29, 0.717) is 17.4 Å². The maximum absolute atomic E-state index is 14.4. The van der Waals surface area contributed by atoms with E-state index in [2.05, 4.69) is 0 Å². The molecule has 2 atom stereocenters. The minimum Gasteiger partial charge on any atom is -0.298 e. The summed E-state index contributed by atoms with van der Waals surface area (Å²) < 4.78 is 29.4. The number of carbonyl (C=O) groups excluding carboxylic acids is 1. The Hall–Kier alpha value is -2.82. The summed E-state index contributed by atoms with van der Waals surface area (Å²) in [6, 6.07) is 10.9. The molecule has 1 fully saturated rings. The summed E-state index contributed by atoms with van der Waals surface area (Å²) in [6.07, 6.45) is 4.04. The van der Waals surface area contributed by atoms with Crippen molar-refractivity contribution in [3.8, 4) is 16.9 Å². The van der Waals surface area contributed by atoms with Gasteiger partial charge in [-0.15, -0.1) is 0 Å². The smallest absolute Gasteiger partial charge is 0.151 e. The second-order valence-electron chi connectivity index (χ2n) is 7.11. The average molecular weight is 350 g/mol. The molecule has 26 heavy (non-hydrogen) atoms. The van der Waals surface area contributed by atoms with Crippen LogP contribution >= 0.6 is 0 Å². The van der Waals surface area contributed by atoms with Gasteiger partial charge < -0.3 is 0 Å². The van der Waals surface area contributed by atoms with Crippen molar-refractivity contribution in [2.24, 2.45) is 0 Å². The summed E-state index contributed by atoms with van der Waals surface area (Å²) in [5, 5.41) is 4.72. The van der Waals surface area contributed by atoms with Gasteiger partial charge in [-0.2, -0.15) is 5.10 Å². The third-order valence-electron chi connectivity index (χ3n) is 5.62. The number of aldehydes is 1. The Labute approximate surface area is 149 Å². The second-order valence-corrected chi connectivity index (χ2v) is 7.11. The lowest BCUT2D eigenvalue weighted by Crippen LogP contribution is -2.07. The molecule has 0 amide bonds. The first-order chi connectivity index (χ1) is 12.7. The maximum atomic E-state index is 14.4. The number of benzene rings is 2. The molecular formula is C21H16F2N2O. The zero-order chi connectivity index (χ0) is 17.8. The van der Waals surface area contributed by atoms with Gasteiger partial charge in [0.1, 0.15) is 17.8 Å². The van der Waals surface area contributed by atoms with Crippen LogP contribution in [0.2, 0.25) is 0 Å². The first kappa shape index (κ1) is 15.4. The molecule has 0 saturated heterocycles. The Balaban J connectivity index is 1.75. The minimum atomic E-state index is -0.619. The van der Waals surface area contributed by atoms with Gasteiger partial charge in [-0.05, 0) is 43.4 Å². The number of aromatic nitrogens is 2. The van der Waals surface area contributed by atoms with Crippen molar-refractivity contribution in [1.29, 1.82) is 0 Å². The molecule has 0 spiro atoms. The highest BCUT2D eigenvalue weighted by Gasteiger charge is 2.43. The number of nitrogens with zero attached hydrogens (tertiary/aromatic N) is 2. The lowest BCUT2D eigenvalue weighted by Gasteiger charge is -2.14. The van der Waals surface area contributed by atoms with Crippen molar-refractivity contribution in [2.45, 2.75) is 31.1 Å². The molecule has 5 rings (SSSR count). The lowest BCUT2D eigenvalue weighted by atomic mass is 9.92. The molecule has 2 unspecified atom stereocenters. The molecular weight excluding hydrogens is 334 g/mol. The highest BCUT2D eigenvalue weighted by atomic mass is 19.1. The molecule has 1 saturated carbocycles. The molecule has 130 valence electrons. The maximum Gasteiger partial charge on any atom is 0.151 e. The first-order valence-corrected chi connectivity index (χ1v) is 8.79. The van der Waals surface area contributed by atoms with Crippen LogP contribution in [0.15, 0.2) is 42.5 Å². The second kappa shape index (κ2) is 5.59. The van der Waals surface area contributed by atoms with Crippen molar-refractivity contribution < 1.29 is 13.6 Å². The van der Waals surface area contributed by atoms with E-state index < -0.39 is 11.6 Å². The zero-order valence-electron chi connectivity index (χ0n) is 14.0. The standard InChI is InChI=1S/C21H16F2N2O/c22-16-6-7-18(17(23)10-16)25-21-15-5-4-13(9-15)19(21)20(24-25)14-3-1-2-12(8-14)11-26/h1-3,6-8,10-11,13,15H,4-5,9H2. The highest BCUT2D eigenvalue weighted by Crippen LogP contribution is 2.56. The predicted octanol–water partition coefficient (Wildman–Crippen LogP) is 4.99. The van der Waals surface area contributed by atoms with Crippen molar-refractivity contribution in [3.05, 3.63) is 70.9 Å². The molecule has 1 aromatic heterocycles. The molecule has 3 aromatic rings. The van der Waals surface area contributed by atoms with Crippen LogP contribution in [0.4, 0.5) is 8.78 Å². The molecule has 0 N–H and O–H groups in total. The van der Waals surface area contributed by atoms with Gasteiger partial charge in [0.15, 0.2) is 5.82 Å². The zero-order valence-corrected chi connectivity index (χ0v) is 14.0. The Kier molecular flexibility index (Phi) is 3.32. The van der Waals surface area contributed by atoms with Crippen molar-refractivity contribution in [3.63, 3.8) is 0 Å². The van der Waals surface area contributed by atoms with Gasteiger partial charge in [0, 0.05) is 28.7 Å². The number of hydrogen-bond donors (Lipinski definition) is 0. The van der Waals surface area contributed by atoms with E-state index in [9.17, 15) is 13.6 Å². The van der Waals surface area contributed by atoms with Gasteiger partial charge >= 0.3 is 0 Å². The highest BCUT2D eigenvalue weighted by molar-refractivity contribution is 5.79. The summed E-state index contributed by atoms with van der Waals surface area (Å²) >= 11 is 0. The molecule has 0 aliphatic heterocycles. The number of fused-ring (bicyclic) bond motifs is 5. The van der Waals surface area contributed by atoms with Gasteiger partial charge in [0.2, 0.25) is 0 Å². The van der Waals surface area contributed by atoms with Gasteiger partial charge in [-0.1, -0.05) is 18.2 Å². The molecule has 3 nitrogen and oxygen atoms in total. The number of carbonyl (C=O) groups is 1. The normalized spacial score (nSPS) is 20.4. The van der Waals surface area contributed by atoms with Gasteiger partial charge in [0.25, 0.3) is 0 Å². The fourth-order valence-corrected chi connectivity index (χ4v) is 4.54. The fourth-order valence-electron chi connectivity index (χ4n) is 4.54. The fraction of sp³-hybridized carbons (Fsp3) is 0.238. The average Bonchev–Trinajstić information content (AvgIpc) is 3.34. The van der Waals surface area contributed by atoms with Gasteiger partial charge in [0.05, 0.1) is 11.4 Å². The number of halogens is 2. The van der Waals surface area contributed by atoms with Crippen LogP contribution < -0.4 is 0 Å². The Morgan fingerprint density at radius 2 is 1.92 bits per heavy atom. The number of hydrogen-bond acceptors (Lipinski definition) is 2. The van der Waals surface area contributed by atoms with Gasteiger partial charge in [-0.25, -0.2) is 13.5 Å². The van der Waals surface area contributed by atoms with Crippen LogP contribution in [-0.4, -0.2) is 16.1 Å². The van der Waals surface area contributed by atoms with Crippen molar-refractivity contribution >= 4 is 6.29 Å². The SMILES string of the molecule is O=Cc1cccc(-c2nn(-c3ccc(F)cc3F)c3c2C2CCC3C2)c1. The Morgan fingerprint density at radius 3 is 2.73 bits per heavy atom. The predicted molar refractivity (Wildman–Crippen MR) is 93.6 cm³/mol. The third-order valence-corrected chi connectivity index (χ3v) is 5.62. The Morgan fingerprint density at radius 1 is 1.08 bits per heavy atom. The Bertz CT molecular complexity index is 1040. The molecule has 2 bridgehead atoms. The van der Waals surface area contributed by atoms with Crippen LogP contribution in [0.25, 0.3) is 16.9 Å². The third kappa shape index (κ3) is 2.16. The quantitative estimate of drug-likeness (QED) is 0.624. The van der Waals surface area contributed by atoms with Crippen LogP contribution in [-0.2, 0) is 0 Å². The largest absolute Gasteiger partial charge is 0.298 e. The van der Waals surface area contributed by atoms with Crippen LogP contribution in [0, 0.1) is 11.6 Å². The summed E-state index contributed by atoms with van der Waals surface area (Å²) in [5.74, 6) is -0.446. The van der Waals surface area contributed by atoms with E-state index in [1.165, 1.54) is 12.1 Å². The van der Waals surface area contributed by atoms with Crippen LogP contribution in [0.1, 0.15) is 52.7 Å². The molecule has 1 heterocycles. The van der Waals surface area contributed by atoms with Gasteiger partial charge in [-0.3, -0.25) is 4.79 Å². The van der Waals surface area contributed by atoms with E-state index in [1.807, 2.05) is 18.2 Å². The summed E-state index contributed by atoms with van der Waals surface area (Å²) in [7, 11) is 0. The van der Waals surface area contributed by atoms with E-state index in [1.54, 1.807) is 10.7 Å². The summed E-state index contributed by atoms with van der Waals surface area (Å²) in [4.78, 5) is 11.1. The topological polar surface area (TPSA) is 34.9 Å². The van der Waals surface area contributed by atoms with E-state index in [4.69, 9.17) is 5.10 Å². The molecule has 2 aliphatic rings. The van der Waals surface area contributed by atoms with Crippen molar-refractivity contribution in [2.75, 3.05) is 0 Å². The summed E-state index contributed by atoms with van der Waals surface area (Å²) in [6.45, 7) is 0. The van der Waals surface area contributed by atoms with Crippen LogP contribution in [0.5, 0.6) is 0 Å².